The highest BCUT2D eigenvalue weighted by atomic mass is 35.5. The minimum Gasteiger partial charge on any atom is -0.496 e. The van der Waals surface area contributed by atoms with Crippen molar-refractivity contribution in [2.45, 2.75) is 45.3 Å². The molecule has 4 amide bonds. The van der Waals surface area contributed by atoms with E-state index in [1.165, 1.54) is 0 Å². The highest BCUT2D eigenvalue weighted by Gasteiger charge is 2.51. The number of ether oxygens (including phenoxy) is 1. The van der Waals surface area contributed by atoms with Crippen LogP contribution in [0.5, 0.6) is 5.75 Å². The number of anilines is 2. The number of methoxy groups -OCH3 is 1. The molecule has 4 aromatic rings. The van der Waals surface area contributed by atoms with Gasteiger partial charge >= 0.3 is 19.2 Å². The van der Waals surface area contributed by atoms with E-state index in [-0.39, 0.29) is 11.2 Å². The molecule has 1 saturated heterocycles. The fraction of sp³-hybridized carbons (Fsp3) is 0.235. The number of amides is 4. The average molecular weight is 629 g/mol. The molecule has 9 nitrogen and oxygen atoms in total. The van der Waals surface area contributed by atoms with E-state index in [2.05, 4.69) is 16.7 Å². The van der Waals surface area contributed by atoms with Crippen LogP contribution < -0.4 is 32.3 Å². The summed E-state index contributed by atoms with van der Waals surface area (Å²) >= 11 is 6.13. The van der Waals surface area contributed by atoms with Gasteiger partial charge in [-0.2, -0.15) is 0 Å². The van der Waals surface area contributed by atoms with Crippen LogP contribution >= 0.6 is 11.6 Å². The Morgan fingerprint density at radius 2 is 1.31 bits per heavy atom. The van der Waals surface area contributed by atoms with E-state index in [9.17, 15) is 9.59 Å². The van der Waals surface area contributed by atoms with Gasteiger partial charge in [-0.1, -0.05) is 54.1 Å². The number of urea groups is 2. The lowest BCUT2D eigenvalue weighted by molar-refractivity contribution is 0.00578. The number of nitrogens with two attached hydrogens (primary N) is 2. The van der Waals surface area contributed by atoms with Crippen LogP contribution in [0.2, 0.25) is 5.02 Å². The van der Waals surface area contributed by atoms with Gasteiger partial charge in [-0.25, -0.2) is 9.59 Å². The number of halogens is 1. The van der Waals surface area contributed by atoms with Crippen molar-refractivity contribution in [3.8, 4) is 16.9 Å². The third kappa shape index (κ3) is 8.79. The maximum absolute atomic E-state index is 10.9. The van der Waals surface area contributed by atoms with Gasteiger partial charge in [0.1, 0.15) is 5.75 Å². The van der Waals surface area contributed by atoms with E-state index < -0.39 is 19.2 Å². The van der Waals surface area contributed by atoms with E-state index in [1.807, 2.05) is 100 Å². The summed E-state index contributed by atoms with van der Waals surface area (Å²) in [7, 11) is 1.26. The number of nitrogens with one attached hydrogen (secondary N) is 2. The zero-order valence-corrected chi connectivity index (χ0v) is 26.8. The molecule has 0 bridgehead atoms. The van der Waals surface area contributed by atoms with Crippen molar-refractivity contribution in [3.63, 3.8) is 0 Å². The first kappa shape index (κ1) is 33.4. The maximum atomic E-state index is 10.9. The average Bonchev–Trinajstić information content (AvgIpc) is 3.20. The summed E-state index contributed by atoms with van der Waals surface area (Å²) in [6.07, 6.45) is 0.758. The molecule has 45 heavy (non-hydrogen) atoms. The molecule has 1 aliphatic heterocycles. The Labute approximate surface area is 269 Å². The summed E-state index contributed by atoms with van der Waals surface area (Å²) in [5.41, 5.74) is 16.0. The van der Waals surface area contributed by atoms with Gasteiger partial charge in [-0.3, -0.25) is 0 Å². The molecule has 4 aromatic carbocycles. The molecule has 5 rings (SSSR count). The van der Waals surface area contributed by atoms with Crippen LogP contribution in [-0.4, -0.2) is 37.5 Å². The molecule has 0 aliphatic carbocycles. The summed E-state index contributed by atoms with van der Waals surface area (Å²) in [5, 5.41) is 5.76. The predicted molar refractivity (Wildman–Crippen MR) is 181 cm³/mol. The van der Waals surface area contributed by atoms with Gasteiger partial charge in [-0.15, -0.1) is 0 Å². The highest BCUT2D eigenvalue weighted by Crippen LogP contribution is 2.36. The van der Waals surface area contributed by atoms with Crippen LogP contribution in [0, 0.1) is 0 Å². The summed E-state index contributed by atoms with van der Waals surface area (Å²) in [4.78, 5) is 21.6. The molecule has 11 heteroatoms. The van der Waals surface area contributed by atoms with Gasteiger partial charge in [0, 0.05) is 22.0 Å². The smallest absolute Gasteiger partial charge is 0.494 e. The number of hydrogen-bond donors (Lipinski definition) is 4. The first-order chi connectivity index (χ1) is 21.3. The molecular formula is C34H38BClN4O5. The van der Waals surface area contributed by atoms with Crippen molar-refractivity contribution in [1.82, 2.24) is 0 Å². The molecule has 0 saturated carbocycles. The maximum Gasteiger partial charge on any atom is 0.494 e. The fourth-order valence-electron chi connectivity index (χ4n) is 4.68. The van der Waals surface area contributed by atoms with E-state index in [0.717, 1.165) is 39.9 Å². The van der Waals surface area contributed by atoms with Crippen LogP contribution in [0.3, 0.4) is 0 Å². The standard InChI is InChI=1S/C21H19ClN2O2.C13H19BN2O3/c1-26-20-10-7-15(12-19(20)16-3-2-4-17(22)13-16)11-14-5-8-18(9-6-14)24-21(23)25;1-12(2)13(3,4)19-14(18-12)9-5-7-10(8-6-9)16-11(15)17/h2-10,12-13H,11H2,1H3,(H3,23,24,25);5-8H,1-4H3,(H3,15,16,17). The van der Waals surface area contributed by atoms with E-state index in [4.69, 9.17) is 37.1 Å². The summed E-state index contributed by atoms with van der Waals surface area (Å²) < 4.78 is 17.4. The number of carbonyl (C=O) groups excluding carboxylic acids is 2. The largest absolute Gasteiger partial charge is 0.496 e. The fourth-order valence-corrected chi connectivity index (χ4v) is 4.87. The van der Waals surface area contributed by atoms with Gasteiger partial charge in [0.05, 0.1) is 18.3 Å². The lowest BCUT2D eigenvalue weighted by Crippen LogP contribution is -2.41. The lowest BCUT2D eigenvalue weighted by atomic mass is 9.79. The minimum atomic E-state index is -0.580. The second-order valence-electron chi connectivity index (χ2n) is 11.6. The lowest BCUT2D eigenvalue weighted by Gasteiger charge is -2.32. The highest BCUT2D eigenvalue weighted by molar-refractivity contribution is 6.62. The number of rotatable bonds is 7. The molecule has 6 N–H and O–H groups in total. The van der Waals surface area contributed by atoms with Gasteiger partial charge in [-0.05, 0) is 105 Å². The molecule has 0 aromatic heterocycles. The molecule has 1 aliphatic rings. The van der Waals surface area contributed by atoms with Gasteiger partial charge < -0.3 is 36.1 Å². The van der Waals surface area contributed by atoms with Crippen molar-refractivity contribution in [2.75, 3.05) is 17.7 Å². The third-order valence-corrected chi connectivity index (χ3v) is 7.97. The molecule has 1 heterocycles. The van der Waals surface area contributed by atoms with E-state index in [0.29, 0.717) is 16.4 Å². The monoisotopic (exact) mass is 628 g/mol. The zero-order chi connectivity index (χ0) is 32.8. The van der Waals surface area contributed by atoms with Crippen LogP contribution in [0.1, 0.15) is 38.8 Å². The van der Waals surface area contributed by atoms with Crippen LogP contribution in [-0.2, 0) is 15.7 Å². The Balaban J connectivity index is 0.000000215. The Morgan fingerprint density at radius 1 is 0.778 bits per heavy atom. The number of carbonyl (C=O) groups is 2. The summed E-state index contributed by atoms with van der Waals surface area (Å²) in [6.45, 7) is 8.04. The normalized spacial score (nSPS) is 14.6. The van der Waals surface area contributed by atoms with Gasteiger partial charge in [0.25, 0.3) is 0 Å². The molecular weight excluding hydrogens is 591 g/mol. The molecule has 1 fully saturated rings. The Morgan fingerprint density at radius 3 is 1.82 bits per heavy atom. The number of hydrogen-bond acceptors (Lipinski definition) is 5. The molecule has 0 radical (unpaired) electrons. The van der Waals surface area contributed by atoms with Crippen molar-refractivity contribution in [2.24, 2.45) is 11.5 Å². The van der Waals surface area contributed by atoms with Crippen LogP contribution in [0.25, 0.3) is 11.1 Å². The third-order valence-electron chi connectivity index (χ3n) is 7.73. The SMILES string of the molecule is CC1(C)OB(c2ccc(NC(N)=O)cc2)OC1(C)C.COc1ccc(Cc2ccc(NC(N)=O)cc2)cc1-c1cccc(Cl)c1. The van der Waals surface area contributed by atoms with Crippen LogP contribution in [0.15, 0.2) is 91.0 Å². The summed E-state index contributed by atoms with van der Waals surface area (Å²) in [5.74, 6) is 0.803. The summed E-state index contributed by atoms with van der Waals surface area (Å²) in [6, 6.07) is 27.5. The quantitative estimate of drug-likeness (QED) is 0.172. The van der Waals surface area contributed by atoms with Crippen molar-refractivity contribution >= 4 is 47.6 Å². The first-order valence-corrected chi connectivity index (χ1v) is 14.7. The molecule has 0 unspecified atom stereocenters. The van der Waals surface area contributed by atoms with E-state index >= 15 is 0 Å². The molecule has 0 spiro atoms. The van der Waals surface area contributed by atoms with Gasteiger partial charge in [0.15, 0.2) is 0 Å². The van der Waals surface area contributed by atoms with Crippen molar-refractivity contribution in [1.29, 1.82) is 0 Å². The first-order valence-electron chi connectivity index (χ1n) is 14.4. The Bertz CT molecular complexity index is 1630. The van der Waals surface area contributed by atoms with E-state index in [1.54, 1.807) is 19.2 Å². The zero-order valence-electron chi connectivity index (χ0n) is 26.0. The molecule has 0 atom stereocenters. The second-order valence-corrected chi connectivity index (χ2v) is 12.0. The topological polar surface area (TPSA) is 138 Å². The second kappa shape index (κ2) is 14.1. The predicted octanol–water partition coefficient (Wildman–Crippen LogP) is 6.57. The van der Waals surface area contributed by atoms with Crippen molar-refractivity contribution in [3.05, 3.63) is 107 Å². The Kier molecular flexibility index (Phi) is 10.4. The number of benzene rings is 4. The number of primary amides is 2. The van der Waals surface area contributed by atoms with Crippen molar-refractivity contribution < 1.29 is 23.6 Å². The van der Waals surface area contributed by atoms with Gasteiger partial charge in [0.2, 0.25) is 0 Å². The minimum absolute atomic E-state index is 0.359. The Hall–Kier alpha value is -4.51. The van der Waals surface area contributed by atoms with Crippen LogP contribution in [0.4, 0.5) is 21.0 Å². The molecule has 234 valence electrons.